The third kappa shape index (κ3) is 5.86. The van der Waals surface area contributed by atoms with E-state index in [4.69, 9.17) is 19.7 Å². The normalized spacial score (nSPS) is 16.6. The molecule has 1 unspecified atom stereocenters. The summed E-state index contributed by atoms with van der Waals surface area (Å²) >= 11 is 1.86. The van der Waals surface area contributed by atoms with Crippen molar-refractivity contribution in [3.63, 3.8) is 0 Å². The van der Waals surface area contributed by atoms with Gasteiger partial charge in [-0.05, 0) is 66.4 Å². The molecule has 0 N–H and O–H groups in total. The first-order chi connectivity index (χ1) is 31.2. The molecule has 0 radical (unpaired) electrons. The van der Waals surface area contributed by atoms with E-state index in [1.165, 1.54) is 42.0 Å². The Morgan fingerprint density at radius 3 is 2.10 bits per heavy atom. The quantitative estimate of drug-likeness (QED) is 0.168. The summed E-state index contributed by atoms with van der Waals surface area (Å²) in [6, 6.07) is 56.9. The Bertz CT molecular complexity index is 3550. The number of rotatable bonds is 6. The molecule has 0 saturated heterocycles. The molecule has 0 amide bonds. The summed E-state index contributed by atoms with van der Waals surface area (Å²) in [7, 11) is 0. The number of allylic oxidation sites excluding steroid dienone is 8. The van der Waals surface area contributed by atoms with E-state index in [-0.39, 0.29) is 11.8 Å². The van der Waals surface area contributed by atoms with Gasteiger partial charge >= 0.3 is 0 Å². The van der Waals surface area contributed by atoms with Crippen molar-refractivity contribution in [2.75, 3.05) is 0 Å². The third-order valence-electron chi connectivity index (χ3n) is 12.9. The van der Waals surface area contributed by atoms with Crippen LogP contribution in [0.25, 0.3) is 86.9 Å². The minimum absolute atomic E-state index is 0.0222. The zero-order valence-electron chi connectivity index (χ0n) is 34.1. The van der Waals surface area contributed by atoms with Crippen LogP contribution in [0, 0.1) is 0 Å². The average molecular weight is 827 g/mol. The van der Waals surface area contributed by atoms with Gasteiger partial charge in [-0.3, -0.25) is 0 Å². The molecular weight excluding hydrogens is 789 g/mol. The first-order valence-corrected chi connectivity index (χ1v) is 22.5. The van der Waals surface area contributed by atoms with Gasteiger partial charge in [0.25, 0.3) is 0 Å². The first-order valence-electron chi connectivity index (χ1n) is 21.6. The summed E-state index contributed by atoms with van der Waals surface area (Å²) in [5.74, 6) is 4.15. The number of ether oxygens (including phenoxy) is 1. The van der Waals surface area contributed by atoms with Gasteiger partial charge in [0.2, 0.25) is 0 Å². The first kappa shape index (κ1) is 36.0. The lowest BCUT2D eigenvalue weighted by Gasteiger charge is -2.22. The highest BCUT2D eigenvalue weighted by Crippen LogP contribution is 2.49. The van der Waals surface area contributed by atoms with Crippen molar-refractivity contribution >= 4 is 58.9 Å². The largest absolute Gasteiger partial charge is 0.461 e. The van der Waals surface area contributed by atoms with Gasteiger partial charge in [0, 0.05) is 70.6 Å². The molecule has 3 aromatic heterocycles. The topological polar surface area (TPSA) is 52.8 Å². The molecule has 10 aromatic rings. The fraction of sp³-hybridized carbons (Fsp3) is 0.0702. The molecule has 0 bridgehead atoms. The van der Waals surface area contributed by atoms with E-state index >= 15 is 0 Å². The Kier molecular flexibility index (Phi) is 8.28. The van der Waals surface area contributed by atoms with Crippen molar-refractivity contribution in [3.8, 4) is 45.1 Å². The predicted molar refractivity (Wildman–Crippen MR) is 259 cm³/mol. The maximum Gasteiger partial charge on any atom is 0.163 e. The van der Waals surface area contributed by atoms with Crippen LogP contribution in [0.1, 0.15) is 41.9 Å². The van der Waals surface area contributed by atoms with Gasteiger partial charge in [0.05, 0.1) is 16.7 Å². The second-order valence-corrected chi connectivity index (χ2v) is 17.7. The Morgan fingerprint density at radius 1 is 0.587 bits per heavy atom. The van der Waals surface area contributed by atoms with Crippen LogP contribution in [0.3, 0.4) is 0 Å². The molecule has 0 fully saturated rings. The maximum atomic E-state index is 6.44. The lowest BCUT2D eigenvalue weighted by molar-refractivity contribution is 0.426. The highest BCUT2D eigenvalue weighted by molar-refractivity contribution is 7.26. The second-order valence-electron chi connectivity index (χ2n) is 16.6. The second kappa shape index (κ2) is 14.5. The van der Waals surface area contributed by atoms with Crippen molar-refractivity contribution < 1.29 is 4.74 Å². The number of benzene rings is 7. The molecule has 298 valence electrons. The van der Waals surface area contributed by atoms with Crippen molar-refractivity contribution in [3.05, 3.63) is 217 Å². The van der Waals surface area contributed by atoms with Crippen LogP contribution in [0.2, 0.25) is 0 Å². The number of aromatic nitrogens is 4. The molecule has 63 heavy (non-hydrogen) atoms. The average Bonchev–Trinajstić information content (AvgIpc) is 4.03. The maximum absolute atomic E-state index is 6.44. The molecule has 5 nitrogen and oxygen atoms in total. The molecular formula is C57H38N4OS. The zero-order chi connectivity index (χ0) is 41.4. The molecule has 7 aromatic carbocycles. The smallest absolute Gasteiger partial charge is 0.163 e. The van der Waals surface area contributed by atoms with Crippen molar-refractivity contribution in [2.45, 2.75) is 24.7 Å². The van der Waals surface area contributed by atoms with E-state index in [9.17, 15) is 0 Å². The highest BCUT2D eigenvalue weighted by Gasteiger charge is 2.32. The van der Waals surface area contributed by atoms with Gasteiger partial charge in [-0.25, -0.2) is 15.0 Å². The molecule has 0 saturated carbocycles. The number of para-hydroxylation sites is 2. The van der Waals surface area contributed by atoms with Crippen LogP contribution in [0.4, 0.5) is 0 Å². The van der Waals surface area contributed by atoms with Crippen molar-refractivity contribution in [1.29, 1.82) is 0 Å². The molecule has 2 aliphatic carbocycles. The van der Waals surface area contributed by atoms with Crippen molar-refractivity contribution in [2.24, 2.45) is 0 Å². The molecule has 13 rings (SSSR count). The van der Waals surface area contributed by atoms with E-state index in [0.717, 1.165) is 74.8 Å². The summed E-state index contributed by atoms with van der Waals surface area (Å²) in [5, 5.41) is 5.00. The van der Waals surface area contributed by atoms with Gasteiger partial charge in [-0.15, -0.1) is 11.3 Å². The van der Waals surface area contributed by atoms with Crippen LogP contribution in [0.5, 0.6) is 5.75 Å². The summed E-state index contributed by atoms with van der Waals surface area (Å²) in [6.07, 6.45) is 14.6. The van der Waals surface area contributed by atoms with Crippen LogP contribution in [-0.4, -0.2) is 19.5 Å². The Labute approximate surface area is 368 Å². The van der Waals surface area contributed by atoms with Crippen LogP contribution in [-0.2, 0) is 0 Å². The van der Waals surface area contributed by atoms with Crippen molar-refractivity contribution in [1.82, 2.24) is 19.5 Å². The third-order valence-corrected chi connectivity index (χ3v) is 14.0. The lowest BCUT2D eigenvalue weighted by atomic mass is 9.89. The van der Waals surface area contributed by atoms with Crippen LogP contribution in [0.15, 0.2) is 200 Å². The minimum atomic E-state index is 0.0222. The number of fused-ring (bicyclic) bond motifs is 10. The number of nitrogens with zero attached hydrogens (tertiary/aromatic N) is 4. The zero-order valence-corrected chi connectivity index (χ0v) is 35.0. The molecule has 6 heteroatoms. The number of hydrogen-bond acceptors (Lipinski definition) is 5. The lowest BCUT2D eigenvalue weighted by Crippen LogP contribution is -2.11. The molecule has 1 aliphatic heterocycles. The Morgan fingerprint density at radius 2 is 1.30 bits per heavy atom. The van der Waals surface area contributed by atoms with E-state index in [1.807, 2.05) is 17.4 Å². The number of hydrogen-bond donors (Lipinski definition) is 0. The Hall–Kier alpha value is -7.67. The van der Waals surface area contributed by atoms with Crippen LogP contribution >= 0.6 is 11.3 Å². The molecule has 3 aliphatic rings. The Balaban J connectivity index is 1.10. The van der Waals surface area contributed by atoms with Gasteiger partial charge < -0.3 is 9.30 Å². The van der Waals surface area contributed by atoms with E-state index in [2.05, 4.69) is 193 Å². The number of thiophene rings is 1. The molecule has 4 heterocycles. The fourth-order valence-electron chi connectivity index (χ4n) is 9.96. The fourth-order valence-corrected chi connectivity index (χ4v) is 11.1. The van der Waals surface area contributed by atoms with Crippen LogP contribution < -0.4 is 4.74 Å². The van der Waals surface area contributed by atoms with E-state index < -0.39 is 0 Å². The minimum Gasteiger partial charge on any atom is -0.461 e. The summed E-state index contributed by atoms with van der Waals surface area (Å²) in [5.41, 5.74) is 11.0. The monoisotopic (exact) mass is 826 g/mol. The summed E-state index contributed by atoms with van der Waals surface area (Å²) < 4.78 is 11.5. The van der Waals surface area contributed by atoms with Gasteiger partial charge in [-0.1, -0.05) is 152 Å². The molecule has 0 spiro atoms. The summed E-state index contributed by atoms with van der Waals surface area (Å²) in [6.45, 7) is 0. The summed E-state index contributed by atoms with van der Waals surface area (Å²) in [4.78, 5) is 16.0. The van der Waals surface area contributed by atoms with Gasteiger partial charge in [-0.2, -0.15) is 0 Å². The SMILES string of the molecule is C1=CC[C@H](c2nc(C3=CCC4C(=C3)Oc3ccccc34)nc(-c3cc(-c4ccccc4)c(-n4c5ccccc5c5ccc6sc7ccccc7c6c54)c(-c4ccccc4)c3)n2)C=C1. The predicted octanol–water partition coefficient (Wildman–Crippen LogP) is 14.8. The van der Waals surface area contributed by atoms with E-state index in [0.29, 0.717) is 11.6 Å². The van der Waals surface area contributed by atoms with Gasteiger partial charge in [0.15, 0.2) is 11.6 Å². The highest BCUT2D eigenvalue weighted by atomic mass is 32.1. The van der Waals surface area contributed by atoms with E-state index in [1.54, 1.807) is 0 Å². The standard InChI is InChI=1S/C57H38N4OS/c1-4-16-35(17-5-1)45-32-39(57-59-55(37-20-8-3-9-21-37)58-56(60-57)38-28-29-42-41-23-11-14-26-48(41)62-49(42)34-38)33-46(36-18-6-2-7-19-36)53(45)61-47-25-13-10-22-40(47)43-30-31-51-52(54(43)61)44-24-12-15-27-50(44)63-51/h1-20,22-28,30-34,37,42H,21,29H2/t37-,42?/m1/s1. The molecule has 2 atom stereocenters. The van der Waals surface area contributed by atoms with Gasteiger partial charge in [0.1, 0.15) is 17.3 Å².